The minimum Gasteiger partial charge on any atom is -0.497 e. The third-order valence-corrected chi connectivity index (χ3v) is 3.95. The monoisotopic (exact) mass is 334 g/mol. The van der Waals surface area contributed by atoms with E-state index in [2.05, 4.69) is 10.3 Å². The predicted molar refractivity (Wildman–Crippen MR) is 89.0 cm³/mol. The average Bonchev–Trinajstić information content (AvgIpc) is 2.59. The van der Waals surface area contributed by atoms with E-state index in [1.165, 1.54) is 0 Å². The number of nitrogens with zero attached hydrogens (tertiary/aromatic N) is 1. The molecule has 1 heterocycles. The number of alkyl halides is 1. The molecule has 0 radical (unpaired) electrons. The third kappa shape index (κ3) is 4.13. The lowest BCUT2D eigenvalue weighted by Crippen LogP contribution is -2.27. The normalized spacial score (nSPS) is 11.7. The van der Waals surface area contributed by atoms with Crippen molar-refractivity contribution < 1.29 is 14.3 Å². The smallest absolute Gasteiger partial charge is 0.242 e. The molecular weight excluding hydrogens is 316 g/mol. The lowest BCUT2D eigenvalue weighted by molar-refractivity contribution is -0.121. The molecule has 0 spiro atoms. The lowest BCUT2D eigenvalue weighted by Gasteiger charge is -2.14. The molecular formula is C17H19ClN2O3. The number of methoxy groups -OCH3 is 2. The molecule has 1 aromatic heterocycles. The zero-order valence-corrected chi connectivity index (χ0v) is 14.1. The molecule has 6 heteroatoms. The zero-order valence-electron chi connectivity index (χ0n) is 13.3. The Kier molecular flexibility index (Phi) is 5.82. The van der Waals surface area contributed by atoms with E-state index in [1.807, 2.05) is 19.1 Å². The Morgan fingerprint density at radius 1 is 1.30 bits per heavy atom. The van der Waals surface area contributed by atoms with Crippen LogP contribution in [0.2, 0.25) is 0 Å². The molecule has 0 aliphatic heterocycles. The summed E-state index contributed by atoms with van der Waals surface area (Å²) in [4.78, 5) is 16.3. The van der Waals surface area contributed by atoms with Crippen LogP contribution < -0.4 is 14.8 Å². The van der Waals surface area contributed by atoms with Gasteiger partial charge in [0.1, 0.15) is 16.9 Å². The average molecular weight is 335 g/mol. The topological polar surface area (TPSA) is 60.5 Å². The number of ether oxygens (including phenoxy) is 2. The van der Waals surface area contributed by atoms with Gasteiger partial charge in [0, 0.05) is 30.6 Å². The van der Waals surface area contributed by atoms with Crippen molar-refractivity contribution >= 4 is 17.5 Å². The molecule has 0 aliphatic rings. The number of halogens is 1. The van der Waals surface area contributed by atoms with Crippen LogP contribution in [0.3, 0.4) is 0 Å². The summed E-state index contributed by atoms with van der Waals surface area (Å²) in [5, 5.41) is 2.06. The molecule has 5 nitrogen and oxygen atoms in total. The highest BCUT2D eigenvalue weighted by molar-refractivity contribution is 6.30. The van der Waals surface area contributed by atoms with Crippen LogP contribution in [0.4, 0.5) is 0 Å². The van der Waals surface area contributed by atoms with Gasteiger partial charge >= 0.3 is 0 Å². The standard InChI is InChI=1S/C17H19ClN2O3/c1-11-9-19-7-6-14(11)16(18)17(21)20-10-12-4-5-13(22-2)8-15(12)23-3/h4-9,16H,10H2,1-3H3,(H,20,21)/t16-/m1/s1. The second kappa shape index (κ2) is 7.83. The van der Waals surface area contributed by atoms with Gasteiger partial charge in [0.2, 0.25) is 5.91 Å². The maximum atomic E-state index is 12.3. The number of hydrogen-bond acceptors (Lipinski definition) is 4. The van der Waals surface area contributed by atoms with Crippen LogP contribution in [-0.2, 0) is 11.3 Å². The molecule has 0 bridgehead atoms. The molecule has 1 atom stereocenters. The summed E-state index contributed by atoms with van der Waals surface area (Å²) >= 11 is 6.26. The van der Waals surface area contributed by atoms with Crippen LogP contribution in [0.5, 0.6) is 11.5 Å². The molecule has 23 heavy (non-hydrogen) atoms. The second-order valence-corrected chi connectivity index (χ2v) is 5.43. The first-order valence-corrected chi connectivity index (χ1v) is 7.53. The maximum absolute atomic E-state index is 12.3. The van der Waals surface area contributed by atoms with E-state index in [-0.39, 0.29) is 5.91 Å². The Labute approximate surface area is 140 Å². The molecule has 0 fully saturated rings. The summed E-state index contributed by atoms with van der Waals surface area (Å²) < 4.78 is 10.5. The minimum atomic E-state index is -0.762. The van der Waals surface area contributed by atoms with Crippen LogP contribution in [0.25, 0.3) is 0 Å². The largest absolute Gasteiger partial charge is 0.497 e. The summed E-state index contributed by atoms with van der Waals surface area (Å²) in [5.41, 5.74) is 2.47. The highest BCUT2D eigenvalue weighted by atomic mass is 35.5. The molecule has 1 amide bonds. The molecule has 0 aliphatic carbocycles. The van der Waals surface area contributed by atoms with E-state index < -0.39 is 5.38 Å². The van der Waals surface area contributed by atoms with Gasteiger partial charge in [-0.2, -0.15) is 0 Å². The summed E-state index contributed by atoms with van der Waals surface area (Å²) in [6, 6.07) is 7.18. The number of pyridine rings is 1. The Morgan fingerprint density at radius 2 is 2.09 bits per heavy atom. The number of nitrogens with one attached hydrogen (secondary N) is 1. The zero-order chi connectivity index (χ0) is 16.8. The van der Waals surface area contributed by atoms with Gasteiger partial charge in [-0.05, 0) is 36.2 Å². The quantitative estimate of drug-likeness (QED) is 0.825. The molecule has 1 N–H and O–H groups in total. The Morgan fingerprint density at radius 3 is 2.74 bits per heavy atom. The van der Waals surface area contributed by atoms with Crippen LogP contribution in [-0.4, -0.2) is 25.1 Å². The van der Waals surface area contributed by atoms with Crippen molar-refractivity contribution in [1.82, 2.24) is 10.3 Å². The minimum absolute atomic E-state index is 0.265. The first kappa shape index (κ1) is 17.1. The van der Waals surface area contributed by atoms with E-state index in [4.69, 9.17) is 21.1 Å². The molecule has 2 rings (SSSR count). The van der Waals surface area contributed by atoms with Crippen molar-refractivity contribution in [3.05, 3.63) is 53.3 Å². The Balaban J connectivity index is 2.06. The summed E-state index contributed by atoms with van der Waals surface area (Å²) in [7, 11) is 3.16. The van der Waals surface area contributed by atoms with Gasteiger partial charge in [0.15, 0.2) is 0 Å². The van der Waals surface area contributed by atoms with Gasteiger partial charge in [0.25, 0.3) is 0 Å². The van der Waals surface area contributed by atoms with Crippen molar-refractivity contribution in [3.63, 3.8) is 0 Å². The van der Waals surface area contributed by atoms with Crippen molar-refractivity contribution in [2.75, 3.05) is 14.2 Å². The van der Waals surface area contributed by atoms with Gasteiger partial charge in [-0.25, -0.2) is 0 Å². The fourth-order valence-corrected chi connectivity index (χ4v) is 2.50. The number of aryl methyl sites for hydroxylation is 1. The third-order valence-electron chi connectivity index (χ3n) is 3.51. The van der Waals surface area contributed by atoms with Crippen molar-refractivity contribution in [1.29, 1.82) is 0 Å². The number of aromatic nitrogens is 1. The fraction of sp³-hybridized carbons (Fsp3) is 0.294. The van der Waals surface area contributed by atoms with Crippen LogP contribution >= 0.6 is 11.6 Å². The fourth-order valence-electron chi connectivity index (χ4n) is 2.18. The number of carbonyl (C=O) groups excluding carboxylic acids is 1. The molecule has 0 unspecified atom stereocenters. The SMILES string of the molecule is COc1ccc(CNC(=O)[C@H](Cl)c2ccncc2C)c(OC)c1. The van der Waals surface area contributed by atoms with Gasteiger partial charge < -0.3 is 14.8 Å². The highest BCUT2D eigenvalue weighted by Gasteiger charge is 2.19. The van der Waals surface area contributed by atoms with Gasteiger partial charge in [-0.1, -0.05) is 0 Å². The van der Waals surface area contributed by atoms with E-state index in [0.29, 0.717) is 18.0 Å². The number of amides is 1. The molecule has 0 saturated carbocycles. The predicted octanol–water partition coefficient (Wildman–Crippen LogP) is 3.00. The van der Waals surface area contributed by atoms with Gasteiger partial charge in [0.05, 0.1) is 14.2 Å². The van der Waals surface area contributed by atoms with Crippen molar-refractivity contribution in [3.8, 4) is 11.5 Å². The van der Waals surface area contributed by atoms with Crippen LogP contribution in [0.15, 0.2) is 36.7 Å². The van der Waals surface area contributed by atoms with E-state index in [1.54, 1.807) is 38.7 Å². The lowest BCUT2D eigenvalue weighted by atomic mass is 10.1. The molecule has 2 aromatic rings. The Bertz CT molecular complexity index is 691. The van der Waals surface area contributed by atoms with Crippen LogP contribution in [0, 0.1) is 6.92 Å². The Hall–Kier alpha value is -2.27. The second-order valence-electron chi connectivity index (χ2n) is 4.99. The van der Waals surface area contributed by atoms with E-state index in [9.17, 15) is 4.79 Å². The van der Waals surface area contributed by atoms with E-state index in [0.717, 1.165) is 16.7 Å². The van der Waals surface area contributed by atoms with Crippen molar-refractivity contribution in [2.45, 2.75) is 18.8 Å². The maximum Gasteiger partial charge on any atom is 0.242 e. The molecule has 1 aromatic carbocycles. The van der Waals surface area contributed by atoms with E-state index >= 15 is 0 Å². The summed E-state index contributed by atoms with van der Waals surface area (Å²) in [6.45, 7) is 2.19. The molecule has 122 valence electrons. The summed E-state index contributed by atoms with van der Waals surface area (Å²) in [6.07, 6.45) is 3.31. The number of rotatable bonds is 6. The highest BCUT2D eigenvalue weighted by Crippen LogP contribution is 2.26. The molecule has 0 saturated heterocycles. The first-order chi connectivity index (χ1) is 11.1. The number of hydrogen-bond donors (Lipinski definition) is 1. The number of benzene rings is 1. The van der Waals surface area contributed by atoms with Gasteiger partial charge in [-0.15, -0.1) is 11.6 Å². The van der Waals surface area contributed by atoms with Gasteiger partial charge in [-0.3, -0.25) is 9.78 Å². The summed E-state index contributed by atoms with van der Waals surface area (Å²) in [5.74, 6) is 1.08. The first-order valence-electron chi connectivity index (χ1n) is 7.10. The number of carbonyl (C=O) groups is 1. The van der Waals surface area contributed by atoms with Crippen molar-refractivity contribution in [2.24, 2.45) is 0 Å². The van der Waals surface area contributed by atoms with Crippen LogP contribution in [0.1, 0.15) is 22.1 Å².